The van der Waals surface area contributed by atoms with Crippen LogP contribution in [0.3, 0.4) is 0 Å². The molecule has 1 aliphatic carbocycles. The summed E-state index contributed by atoms with van der Waals surface area (Å²) < 4.78 is 5.76. The van der Waals surface area contributed by atoms with Crippen molar-refractivity contribution in [1.82, 2.24) is 14.9 Å². The number of carbonyl (C=O) groups excluding carboxylic acids is 1. The number of rotatable bonds is 3. The van der Waals surface area contributed by atoms with Crippen molar-refractivity contribution >= 4 is 17.1 Å². The number of aromatic amines is 1. The van der Waals surface area contributed by atoms with Crippen molar-refractivity contribution in [1.29, 1.82) is 0 Å². The highest BCUT2D eigenvalue weighted by atomic mass is 16.6. The Hall–Kier alpha value is -3.60. The lowest BCUT2D eigenvalue weighted by atomic mass is 9.98. The van der Waals surface area contributed by atoms with Gasteiger partial charge in [0.05, 0.1) is 17.1 Å². The van der Waals surface area contributed by atoms with Crippen LogP contribution in [0.4, 0.5) is 4.79 Å². The number of hydrogen-bond acceptors (Lipinski definition) is 3. The largest absolute Gasteiger partial charge is 0.444 e. The maximum absolute atomic E-state index is 13.1. The molecule has 3 unspecified atom stereocenters. The molecule has 0 spiro atoms. The van der Waals surface area contributed by atoms with E-state index in [2.05, 4.69) is 71.7 Å². The fraction of sp³-hybridized carbons (Fsp3) is 0.333. The molecule has 3 atom stereocenters. The van der Waals surface area contributed by atoms with Crippen molar-refractivity contribution in [2.45, 2.75) is 57.7 Å². The van der Waals surface area contributed by atoms with Crippen molar-refractivity contribution in [2.75, 3.05) is 0 Å². The molecule has 178 valence electrons. The molecule has 2 heterocycles. The maximum atomic E-state index is 13.1. The molecule has 1 saturated heterocycles. The molecule has 2 fully saturated rings. The van der Waals surface area contributed by atoms with Crippen LogP contribution in [0.15, 0.2) is 72.8 Å². The first-order chi connectivity index (χ1) is 16.9. The Morgan fingerprint density at radius 2 is 1.57 bits per heavy atom. The number of benzene rings is 3. The van der Waals surface area contributed by atoms with Gasteiger partial charge < -0.3 is 9.72 Å². The third kappa shape index (κ3) is 4.09. The summed E-state index contributed by atoms with van der Waals surface area (Å²) in [7, 11) is 0. The lowest BCUT2D eigenvalue weighted by Gasteiger charge is -2.35. The van der Waals surface area contributed by atoms with Crippen LogP contribution in [0.25, 0.3) is 33.3 Å². The van der Waals surface area contributed by atoms with Gasteiger partial charge in [-0.2, -0.15) is 0 Å². The van der Waals surface area contributed by atoms with Crippen LogP contribution in [-0.2, 0) is 4.74 Å². The van der Waals surface area contributed by atoms with Crippen LogP contribution in [0.5, 0.6) is 0 Å². The Balaban J connectivity index is 1.29. The molecular formula is C30H31N3O2. The van der Waals surface area contributed by atoms with E-state index < -0.39 is 5.60 Å². The van der Waals surface area contributed by atoms with E-state index in [1.54, 1.807) is 0 Å². The third-order valence-electron chi connectivity index (χ3n) is 7.30. The van der Waals surface area contributed by atoms with Gasteiger partial charge in [-0.1, -0.05) is 60.7 Å². The van der Waals surface area contributed by atoms with Crippen LogP contribution in [0, 0.1) is 5.92 Å². The fourth-order valence-electron chi connectivity index (χ4n) is 5.75. The topological polar surface area (TPSA) is 58.2 Å². The van der Waals surface area contributed by atoms with Gasteiger partial charge in [-0.05, 0) is 80.3 Å². The fourth-order valence-corrected chi connectivity index (χ4v) is 5.75. The molecule has 1 saturated carbocycles. The van der Waals surface area contributed by atoms with E-state index in [1.165, 1.54) is 11.1 Å². The summed E-state index contributed by atoms with van der Waals surface area (Å²) in [6.45, 7) is 5.76. The van der Waals surface area contributed by atoms with Gasteiger partial charge in [-0.25, -0.2) is 9.78 Å². The summed E-state index contributed by atoms with van der Waals surface area (Å²) in [5.41, 5.74) is 6.14. The van der Waals surface area contributed by atoms with Crippen molar-refractivity contribution in [2.24, 2.45) is 5.92 Å². The van der Waals surface area contributed by atoms with Crippen molar-refractivity contribution in [3.8, 4) is 22.3 Å². The number of carbonyl (C=O) groups is 1. The summed E-state index contributed by atoms with van der Waals surface area (Å²) in [4.78, 5) is 23.5. The highest BCUT2D eigenvalue weighted by Gasteiger charge is 2.51. The van der Waals surface area contributed by atoms with Crippen LogP contribution in [-0.4, -0.2) is 32.6 Å². The van der Waals surface area contributed by atoms with E-state index in [-0.39, 0.29) is 18.2 Å². The molecule has 5 heteroatoms. The minimum atomic E-state index is -0.512. The Labute approximate surface area is 206 Å². The second-order valence-corrected chi connectivity index (χ2v) is 10.9. The molecule has 3 aromatic carbocycles. The standard InChI is InChI=1S/C30H31N3O2/c1-30(2,3)35-29(34)33-24-15-13-23(17-24)27(33)28-31-25-16-14-22(18-26(25)32-28)21-11-9-20(10-12-21)19-7-5-4-6-8-19/h4-12,14,16,18,23-24,27H,13,15,17H2,1-3H3,(H,31,32). The average molecular weight is 466 g/mol. The highest BCUT2D eigenvalue weighted by Crippen LogP contribution is 2.50. The van der Waals surface area contributed by atoms with E-state index in [0.717, 1.165) is 47.2 Å². The third-order valence-corrected chi connectivity index (χ3v) is 7.30. The summed E-state index contributed by atoms with van der Waals surface area (Å²) in [6.07, 6.45) is 2.98. The lowest BCUT2D eigenvalue weighted by Crippen LogP contribution is -2.43. The molecule has 0 radical (unpaired) electrons. The molecule has 1 amide bonds. The molecule has 5 nitrogen and oxygen atoms in total. The molecule has 6 rings (SSSR count). The van der Waals surface area contributed by atoms with Gasteiger partial charge in [0.2, 0.25) is 0 Å². The van der Waals surface area contributed by atoms with Crippen molar-refractivity contribution in [3.63, 3.8) is 0 Å². The number of ether oxygens (including phenoxy) is 1. The predicted octanol–water partition coefficient (Wildman–Crippen LogP) is 7.36. The van der Waals surface area contributed by atoms with Gasteiger partial charge in [0.1, 0.15) is 11.4 Å². The normalized spacial score (nSPS) is 21.6. The Kier molecular flexibility index (Phi) is 5.17. The lowest BCUT2D eigenvalue weighted by molar-refractivity contribution is 0.00623. The van der Waals surface area contributed by atoms with E-state index in [4.69, 9.17) is 9.72 Å². The van der Waals surface area contributed by atoms with E-state index in [0.29, 0.717) is 5.92 Å². The first kappa shape index (κ1) is 21.9. The minimum absolute atomic E-state index is 0.0513. The van der Waals surface area contributed by atoms with E-state index >= 15 is 0 Å². The van der Waals surface area contributed by atoms with E-state index in [1.807, 2.05) is 31.7 Å². The zero-order chi connectivity index (χ0) is 24.2. The monoisotopic (exact) mass is 465 g/mol. The van der Waals surface area contributed by atoms with Crippen LogP contribution in [0.2, 0.25) is 0 Å². The number of piperidine rings is 1. The maximum Gasteiger partial charge on any atom is 0.411 e. The molecule has 2 aliphatic rings. The van der Waals surface area contributed by atoms with Gasteiger partial charge in [-0.3, -0.25) is 4.90 Å². The van der Waals surface area contributed by atoms with Gasteiger partial charge in [0.15, 0.2) is 0 Å². The first-order valence-corrected chi connectivity index (χ1v) is 12.5. The van der Waals surface area contributed by atoms with Crippen molar-refractivity contribution in [3.05, 3.63) is 78.6 Å². The Bertz CT molecular complexity index is 1370. The average Bonchev–Trinajstić information content (AvgIpc) is 3.57. The molecule has 2 bridgehead atoms. The molecule has 1 aliphatic heterocycles. The van der Waals surface area contributed by atoms with E-state index in [9.17, 15) is 4.79 Å². The quantitative estimate of drug-likeness (QED) is 0.344. The van der Waals surface area contributed by atoms with Crippen molar-refractivity contribution < 1.29 is 9.53 Å². The van der Waals surface area contributed by atoms with Gasteiger partial charge in [-0.15, -0.1) is 0 Å². The zero-order valence-corrected chi connectivity index (χ0v) is 20.5. The molecular weight excluding hydrogens is 434 g/mol. The summed E-state index contributed by atoms with van der Waals surface area (Å²) in [5, 5.41) is 0. The van der Waals surface area contributed by atoms with Gasteiger partial charge in [0.25, 0.3) is 0 Å². The van der Waals surface area contributed by atoms with Crippen LogP contribution < -0.4 is 0 Å². The second-order valence-electron chi connectivity index (χ2n) is 10.9. The number of hydrogen-bond donors (Lipinski definition) is 1. The highest BCUT2D eigenvalue weighted by molar-refractivity contribution is 5.83. The van der Waals surface area contributed by atoms with Crippen LogP contribution >= 0.6 is 0 Å². The van der Waals surface area contributed by atoms with Crippen LogP contribution in [0.1, 0.15) is 51.9 Å². The molecule has 1 aromatic heterocycles. The number of imidazole rings is 1. The zero-order valence-electron chi connectivity index (χ0n) is 20.5. The summed E-state index contributed by atoms with van der Waals surface area (Å²) >= 11 is 0. The summed E-state index contributed by atoms with van der Waals surface area (Å²) in [5.74, 6) is 1.30. The number of fused-ring (bicyclic) bond motifs is 3. The number of nitrogens with one attached hydrogen (secondary N) is 1. The molecule has 35 heavy (non-hydrogen) atoms. The Morgan fingerprint density at radius 3 is 2.29 bits per heavy atom. The number of likely N-dealkylation sites (tertiary alicyclic amines) is 1. The number of nitrogens with zero attached hydrogens (tertiary/aromatic N) is 2. The SMILES string of the molecule is CC(C)(C)OC(=O)N1C2CCC(C2)C1c1nc2ccc(-c3ccc(-c4ccccc4)cc3)cc2[nH]1. The smallest absolute Gasteiger partial charge is 0.411 e. The second kappa shape index (κ2) is 8.26. The number of aromatic nitrogens is 2. The Morgan fingerprint density at radius 1 is 0.914 bits per heavy atom. The van der Waals surface area contributed by atoms with Gasteiger partial charge >= 0.3 is 6.09 Å². The molecule has 4 aromatic rings. The first-order valence-electron chi connectivity index (χ1n) is 12.5. The molecule has 1 N–H and O–H groups in total. The number of H-pyrrole nitrogens is 1. The van der Waals surface area contributed by atoms with Gasteiger partial charge in [0, 0.05) is 6.04 Å². The minimum Gasteiger partial charge on any atom is -0.444 e. The summed E-state index contributed by atoms with van der Waals surface area (Å²) in [6, 6.07) is 25.6. The number of amides is 1. The predicted molar refractivity (Wildman–Crippen MR) is 139 cm³/mol.